The van der Waals surface area contributed by atoms with E-state index in [9.17, 15) is 9.59 Å². The highest BCUT2D eigenvalue weighted by Gasteiger charge is 2.35. The Morgan fingerprint density at radius 2 is 2.03 bits per heavy atom. The molecule has 0 bridgehead atoms. The van der Waals surface area contributed by atoms with Crippen molar-refractivity contribution in [1.82, 2.24) is 25.2 Å². The predicted molar refractivity (Wildman–Crippen MR) is 138 cm³/mol. The molecule has 2 aliphatic rings. The molecule has 4 rings (SSSR count). The van der Waals surface area contributed by atoms with Crippen LogP contribution in [0.5, 0.6) is 0 Å². The molecule has 9 nitrogen and oxygen atoms in total. The largest absolute Gasteiger partial charge is 0.385 e. The molecule has 1 aliphatic carbocycles. The van der Waals surface area contributed by atoms with E-state index in [1.54, 1.807) is 7.11 Å². The van der Waals surface area contributed by atoms with Crippen LogP contribution in [0.3, 0.4) is 0 Å². The molecule has 1 aliphatic heterocycles. The van der Waals surface area contributed by atoms with Crippen LogP contribution in [0.25, 0.3) is 5.69 Å². The van der Waals surface area contributed by atoms with Gasteiger partial charge in [-0.25, -0.2) is 4.68 Å². The highest BCUT2D eigenvalue weighted by Crippen LogP contribution is 2.27. The highest BCUT2D eigenvalue weighted by molar-refractivity contribution is 5.94. The molecule has 196 valence electrons. The molecule has 1 fully saturated rings. The molecule has 0 unspecified atom stereocenters. The standard InChI is InChI=1S/C27H40N6O3/c1-18(2)17-32(23-14-21(26(28)34)15-29-16-23)27(35)25-24(9-4-5-12-36-3)33(31-30-25)22-11-10-19-7-6-8-20(19)13-22/h10-11,13,18,21,23,29H,4-9,12,14-17H2,1-3H3,(H2,28,34)/t21-,23+/m1/s1. The van der Waals surface area contributed by atoms with Gasteiger partial charge in [-0.2, -0.15) is 0 Å². The second kappa shape index (κ2) is 12.0. The van der Waals surface area contributed by atoms with E-state index in [1.807, 2.05) is 9.58 Å². The topological polar surface area (TPSA) is 115 Å². The van der Waals surface area contributed by atoms with Gasteiger partial charge in [0, 0.05) is 39.4 Å². The summed E-state index contributed by atoms with van der Waals surface area (Å²) in [6.07, 6.45) is 6.36. The molecule has 0 saturated carbocycles. The van der Waals surface area contributed by atoms with Crippen molar-refractivity contribution in [2.75, 3.05) is 33.4 Å². The number of carbonyl (C=O) groups excluding carboxylic acids is 2. The van der Waals surface area contributed by atoms with Gasteiger partial charge in [-0.05, 0) is 74.1 Å². The van der Waals surface area contributed by atoms with Gasteiger partial charge >= 0.3 is 0 Å². The number of piperidine rings is 1. The number of nitrogens with zero attached hydrogens (tertiary/aromatic N) is 4. The molecule has 36 heavy (non-hydrogen) atoms. The number of methoxy groups -OCH3 is 1. The Hall–Kier alpha value is -2.78. The molecule has 1 aromatic heterocycles. The molecule has 2 aromatic rings. The number of carbonyl (C=O) groups is 2. The maximum absolute atomic E-state index is 14.0. The van der Waals surface area contributed by atoms with Crippen LogP contribution in [0.4, 0.5) is 0 Å². The number of hydrogen-bond acceptors (Lipinski definition) is 6. The Kier molecular flexibility index (Phi) is 8.74. The Morgan fingerprint density at radius 1 is 1.22 bits per heavy atom. The number of nitrogens with two attached hydrogens (primary N) is 1. The monoisotopic (exact) mass is 496 g/mol. The van der Waals surface area contributed by atoms with Gasteiger partial charge in [0.25, 0.3) is 5.91 Å². The summed E-state index contributed by atoms with van der Waals surface area (Å²) in [5, 5.41) is 12.2. The number of rotatable bonds is 11. The van der Waals surface area contributed by atoms with Crippen molar-refractivity contribution >= 4 is 11.8 Å². The minimum Gasteiger partial charge on any atom is -0.385 e. The van der Waals surface area contributed by atoms with E-state index >= 15 is 0 Å². The third-order valence-corrected chi connectivity index (χ3v) is 7.30. The van der Waals surface area contributed by atoms with Gasteiger partial charge in [0.2, 0.25) is 5.91 Å². The minimum absolute atomic E-state index is 0.127. The maximum Gasteiger partial charge on any atom is 0.276 e. The van der Waals surface area contributed by atoms with Crippen LogP contribution >= 0.6 is 0 Å². The van der Waals surface area contributed by atoms with E-state index in [1.165, 1.54) is 17.5 Å². The van der Waals surface area contributed by atoms with Gasteiger partial charge in [0.1, 0.15) is 0 Å². The number of amides is 2. The number of aromatic nitrogens is 3. The van der Waals surface area contributed by atoms with Crippen LogP contribution in [-0.2, 0) is 28.8 Å². The fourth-order valence-corrected chi connectivity index (χ4v) is 5.43. The first kappa shape index (κ1) is 26.3. The fraction of sp³-hybridized carbons (Fsp3) is 0.630. The predicted octanol–water partition coefficient (Wildman–Crippen LogP) is 2.29. The average molecular weight is 497 g/mol. The summed E-state index contributed by atoms with van der Waals surface area (Å²) < 4.78 is 7.08. The molecule has 2 atom stereocenters. The first-order valence-corrected chi connectivity index (χ1v) is 13.3. The second-order valence-corrected chi connectivity index (χ2v) is 10.6. The third kappa shape index (κ3) is 5.95. The van der Waals surface area contributed by atoms with Gasteiger partial charge in [-0.15, -0.1) is 5.10 Å². The van der Waals surface area contributed by atoms with Crippen LogP contribution < -0.4 is 11.1 Å². The third-order valence-electron chi connectivity index (χ3n) is 7.30. The van der Waals surface area contributed by atoms with Crippen LogP contribution in [0.15, 0.2) is 18.2 Å². The lowest BCUT2D eigenvalue weighted by Gasteiger charge is -2.37. The summed E-state index contributed by atoms with van der Waals surface area (Å²) >= 11 is 0. The number of unbranched alkanes of at least 4 members (excludes halogenated alkanes) is 1. The van der Waals surface area contributed by atoms with E-state index < -0.39 is 0 Å². The molecular formula is C27H40N6O3. The molecule has 9 heteroatoms. The molecule has 3 N–H and O–H groups in total. The van der Waals surface area contributed by atoms with Gasteiger partial charge < -0.3 is 20.7 Å². The number of hydrogen-bond donors (Lipinski definition) is 2. The van der Waals surface area contributed by atoms with Crippen LogP contribution in [0.2, 0.25) is 0 Å². The van der Waals surface area contributed by atoms with Gasteiger partial charge in [-0.3, -0.25) is 9.59 Å². The summed E-state index contributed by atoms with van der Waals surface area (Å²) in [6, 6.07) is 6.33. The maximum atomic E-state index is 14.0. The van der Waals surface area contributed by atoms with Crippen molar-refractivity contribution in [2.24, 2.45) is 17.6 Å². The lowest BCUT2D eigenvalue weighted by atomic mass is 9.93. The smallest absolute Gasteiger partial charge is 0.276 e. The summed E-state index contributed by atoms with van der Waals surface area (Å²) in [5.41, 5.74) is 10.5. The van der Waals surface area contributed by atoms with E-state index in [2.05, 4.69) is 47.7 Å². The fourth-order valence-electron chi connectivity index (χ4n) is 5.43. The van der Waals surface area contributed by atoms with E-state index in [4.69, 9.17) is 10.5 Å². The summed E-state index contributed by atoms with van der Waals surface area (Å²) in [6.45, 7) is 6.61. The van der Waals surface area contributed by atoms with E-state index in [0.717, 1.165) is 37.1 Å². The van der Waals surface area contributed by atoms with Crippen molar-refractivity contribution in [3.05, 3.63) is 40.7 Å². The number of ether oxygens (including phenoxy) is 1. The van der Waals surface area contributed by atoms with Crippen molar-refractivity contribution < 1.29 is 14.3 Å². The Bertz CT molecular complexity index is 1070. The Labute approximate surface area is 213 Å². The van der Waals surface area contributed by atoms with Crippen molar-refractivity contribution in [1.29, 1.82) is 0 Å². The number of fused-ring (bicyclic) bond motifs is 1. The zero-order valence-corrected chi connectivity index (χ0v) is 21.8. The Balaban J connectivity index is 1.66. The molecular weight excluding hydrogens is 456 g/mol. The average Bonchev–Trinajstić information content (AvgIpc) is 3.51. The van der Waals surface area contributed by atoms with Crippen LogP contribution in [-0.4, -0.2) is 71.1 Å². The first-order valence-electron chi connectivity index (χ1n) is 13.3. The number of benzene rings is 1. The zero-order chi connectivity index (χ0) is 25.7. The number of nitrogens with one attached hydrogen (secondary N) is 1. The quantitative estimate of drug-likeness (QED) is 0.461. The zero-order valence-electron chi connectivity index (χ0n) is 21.8. The van der Waals surface area contributed by atoms with Crippen LogP contribution in [0, 0.1) is 11.8 Å². The van der Waals surface area contributed by atoms with Crippen molar-refractivity contribution in [3.63, 3.8) is 0 Å². The summed E-state index contributed by atoms with van der Waals surface area (Å²) in [4.78, 5) is 27.8. The molecule has 0 radical (unpaired) electrons. The lowest BCUT2D eigenvalue weighted by molar-refractivity contribution is -0.122. The summed E-state index contributed by atoms with van der Waals surface area (Å²) in [5.74, 6) is -0.484. The summed E-state index contributed by atoms with van der Waals surface area (Å²) in [7, 11) is 1.70. The van der Waals surface area contributed by atoms with Crippen LogP contribution in [0.1, 0.15) is 66.8 Å². The molecule has 1 saturated heterocycles. The van der Waals surface area contributed by atoms with E-state index in [-0.39, 0.29) is 29.7 Å². The SMILES string of the molecule is COCCCCc1c(C(=O)N(CC(C)C)[C@@H]2CNC[C@H](C(N)=O)C2)nnn1-c1ccc2c(c1)CCC2. The van der Waals surface area contributed by atoms with Crippen molar-refractivity contribution in [3.8, 4) is 5.69 Å². The first-order chi connectivity index (χ1) is 17.4. The normalized spacial score (nSPS) is 19.4. The Morgan fingerprint density at radius 3 is 2.78 bits per heavy atom. The van der Waals surface area contributed by atoms with Gasteiger partial charge in [0.15, 0.2) is 5.69 Å². The van der Waals surface area contributed by atoms with Gasteiger partial charge in [0.05, 0.1) is 17.3 Å². The van der Waals surface area contributed by atoms with Crippen molar-refractivity contribution in [2.45, 2.75) is 64.8 Å². The number of primary amides is 1. The number of aryl methyl sites for hydroxylation is 2. The molecule has 2 amide bonds. The molecule has 2 heterocycles. The van der Waals surface area contributed by atoms with Gasteiger partial charge in [-0.1, -0.05) is 25.1 Å². The molecule has 1 aromatic carbocycles. The minimum atomic E-state index is -0.328. The molecule has 0 spiro atoms. The second-order valence-electron chi connectivity index (χ2n) is 10.6. The van der Waals surface area contributed by atoms with E-state index in [0.29, 0.717) is 44.8 Å². The lowest BCUT2D eigenvalue weighted by Crippen LogP contribution is -2.54. The highest BCUT2D eigenvalue weighted by atomic mass is 16.5.